The van der Waals surface area contributed by atoms with Gasteiger partial charge in [-0.25, -0.2) is 0 Å². The van der Waals surface area contributed by atoms with Crippen molar-refractivity contribution >= 4 is 28.1 Å². The molecule has 0 unspecified atom stereocenters. The summed E-state index contributed by atoms with van der Waals surface area (Å²) in [6.07, 6.45) is 0. The van der Waals surface area contributed by atoms with Gasteiger partial charge in [-0.3, -0.25) is 0 Å². The Morgan fingerprint density at radius 1 is 1.18 bits per heavy atom. The summed E-state index contributed by atoms with van der Waals surface area (Å²) in [7, 11) is 0. The number of oxime groups is 1. The van der Waals surface area contributed by atoms with E-state index >= 15 is 0 Å². The maximum absolute atomic E-state index is 8.64. The molecular formula is C13H12ClNO2. The first-order valence-electron chi connectivity index (χ1n) is 5.21. The molecule has 0 spiro atoms. The van der Waals surface area contributed by atoms with Gasteiger partial charge in [0, 0.05) is 5.39 Å². The molecule has 0 saturated heterocycles. The van der Waals surface area contributed by atoms with Gasteiger partial charge >= 0.3 is 0 Å². The third-order valence-electron chi connectivity index (χ3n) is 2.44. The fourth-order valence-electron chi connectivity index (χ4n) is 1.58. The molecule has 17 heavy (non-hydrogen) atoms. The van der Waals surface area contributed by atoms with Crippen molar-refractivity contribution < 1.29 is 9.94 Å². The summed E-state index contributed by atoms with van der Waals surface area (Å²) in [6.45, 7) is 0.188. The number of fused-ring (bicyclic) bond motifs is 1. The van der Waals surface area contributed by atoms with Crippen LogP contribution in [0.3, 0.4) is 0 Å². The van der Waals surface area contributed by atoms with Crippen molar-refractivity contribution in [3.63, 3.8) is 0 Å². The summed E-state index contributed by atoms with van der Waals surface area (Å²) in [6, 6.07) is 13.8. The first kappa shape index (κ1) is 11.7. The van der Waals surface area contributed by atoms with Crippen LogP contribution in [-0.4, -0.2) is 23.4 Å². The lowest BCUT2D eigenvalue weighted by molar-refractivity contribution is 0.308. The molecule has 0 radical (unpaired) electrons. The zero-order valence-electron chi connectivity index (χ0n) is 9.14. The number of hydrogen-bond donors (Lipinski definition) is 1. The third kappa shape index (κ3) is 2.68. The van der Waals surface area contributed by atoms with Gasteiger partial charge in [0.1, 0.15) is 18.1 Å². The Morgan fingerprint density at radius 3 is 2.71 bits per heavy atom. The zero-order chi connectivity index (χ0) is 12.1. The molecule has 88 valence electrons. The van der Waals surface area contributed by atoms with E-state index in [0.29, 0.717) is 5.71 Å². The predicted octanol–water partition coefficient (Wildman–Crippen LogP) is 3.29. The van der Waals surface area contributed by atoms with Gasteiger partial charge in [-0.2, -0.15) is 0 Å². The molecule has 0 atom stereocenters. The highest BCUT2D eigenvalue weighted by molar-refractivity contribution is 6.28. The fourth-order valence-corrected chi connectivity index (χ4v) is 1.71. The van der Waals surface area contributed by atoms with Crippen molar-refractivity contribution in [2.75, 3.05) is 12.5 Å². The lowest BCUT2D eigenvalue weighted by Gasteiger charge is -2.08. The van der Waals surface area contributed by atoms with Gasteiger partial charge in [0.2, 0.25) is 0 Å². The molecule has 2 aromatic carbocycles. The van der Waals surface area contributed by atoms with Gasteiger partial charge in [-0.05, 0) is 11.5 Å². The first-order valence-corrected chi connectivity index (χ1v) is 5.75. The number of alkyl halides is 1. The monoisotopic (exact) mass is 249 g/mol. The van der Waals surface area contributed by atoms with Crippen molar-refractivity contribution in [2.45, 2.75) is 0 Å². The minimum Gasteiger partial charge on any atom is -0.487 e. The van der Waals surface area contributed by atoms with E-state index in [1.807, 2.05) is 42.5 Å². The largest absolute Gasteiger partial charge is 0.487 e. The highest BCUT2D eigenvalue weighted by Gasteiger charge is 2.03. The van der Waals surface area contributed by atoms with Gasteiger partial charge in [0.25, 0.3) is 0 Å². The van der Waals surface area contributed by atoms with Crippen LogP contribution in [0.5, 0.6) is 5.75 Å². The summed E-state index contributed by atoms with van der Waals surface area (Å²) in [4.78, 5) is 0. The average Bonchev–Trinajstić information content (AvgIpc) is 2.40. The number of benzene rings is 2. The third-order valence-corrected chi connectivity index (χ3v) is 2.75. The van der Waals surface area contributed by atoms with Crippen LogP contribution >= 0.6 is 11.6 Å². The number of rotatable bonds is 4. The van der Waals surface area contributed by atoms with Crippen molar-refractivity contribution in [3.05, 3.63) is 42.5 Å². The average molecular weight is 250 g/mol. The first-order chi connectivity index (χ1) is 8.35. The SMILES string of the molecule is O/N=C(/CCl)COc1cccc2ccccc12. The van der Waals surface area contributed by atoms with E-state index in [1.54, 1.807) is 0 Å². The van der Waals surface area contributed by atoms with Crippen molar-refractivity contribution in [1.82, 2.24) is 0 Å². The fraction of sp³-hybridized carbons (Fsp3) is 0.154. The molecule has 0 aliphatic carbocycles. The standard InChI is InChI=1S/C13H12ClNO2/c14-8-11(15-16)9-17-13-7-3-5-10-4-1-2-6-12(10)13/h1-7,16H,8-9H2/b15-11-. The zero-order valence-corrected chi connectivity index (χ0v) is 9.89. The van der Waals surface area contributed by atoms with Gasteiger partial charge in [-0.15, -0.1) is 11.6 Å². The summed E-state index contributed by atoms with van der Waals surface area (Å²) < 4.78 is 5.59. The molecule has 0 saturated carbocycles. The minimum atomic E-state index is 0.154. The van der Waals surface area contributed by atoms with E-state index in [4.69, 9.17) is 21.5 Å². The van der Waals surface area contributed by atoms with Crippen molar-refractivity contribution in [3.8, 4) is 5.75 Å². The highest BCUT2D eigenvalue weighted by Crippen LogP contribution is 2.24. The minimum absolute atomic E-state index is 0.154. The van der Waals surface area contributed by atoms with Gasteiger partial charge < -0.3 is 9.94 Å². The quantitative estimate of drug-likeness (QED) is 0.391. The molecule has 4 heteroatoms. The van der Waals surface area contributed by atoms with Crippen LogP contribution in [0.2, 0.25) is 0 Å². The van der Waals surface area contributed by atoms with Crippen LogP contribution in [0.1, 0.15) is 0 Å². The number of ether oxygens (including phenoxy) is 1. The Balaban J connectivity index is 2.24. The normalized spacial score (nSPS) is 11.7. The Morgan fingerprint density at radius 2 is 1.94 bits per heavy atom. The Bertz CT molecular complexity index is 534. The van der Waals surface area contributed by atoms with Crippen molar-refractivity contribution in [1.29, 1.82) is 0 Å². The second-order valence-electron chi connectivity index (χ2n) is 3.57. The van der Waals surface area contributed by atoms with E-state index in [0.717, 1.165) is 16.5 Å². The van der Waals surface area contributed by atoms with E-state index < -0.39 is 0 Å². The highest BCUT2D eigenvalue weighted by atomic mass is 35.5. The summed E-state index contributed by atoms with van der Waals surface area (Å²) in [5, 5.41) is 13.8. The van der Waals surface area contributed by atoms with E-state index in [2.05, 4.69) is 5.16 Å². The Kier molecular flexibility index (Phi) is 3.83. The predicted molar refractivity (Wildman–Crippen MR) is 69.4 cm³/mol. The summed E-state index contributed by atoms with van der Waals surface area (Å²) in [5.41, 5.74) is 0.402. The molecule has 0 heterocycles. The van der Waals surface area contributed by atoms with Crippen LogP contribution in [0.15, 0.2) is 47.6 Å². The van der Waals surface area contributed by atoms with Gasteiger partial charge in [0.05, 0.1) is 5.88 Å². The number of hydrogen-bond acceptors (Lipinski definition) is 3. The molecule has 0 bridgehead atoms. The topological polar surface area (TPSA) is 41.8 Å². The van der Waals surface area contributed by atoms with Gasteiger partial charge in [-0.1, -0.05) is 41.6 Å². The Hall–Kier alpha value is -1.74. The molecular weight excluding hydrogens is 238 g/mol. The van der Waals surface area contributed by atoms with Crippen molar-refractivity contribution in [2.24, 2.45) is 5.16 Å². The van der Waals surface area contributed by atoms with Crippen LogP contribution < -0.4 is 4.74 Å². The smallest absolute Gasteiger partial charge is 0.131 e. The van der Waals surface area contributed by atoms with Gasteiger partial charge in [0.15, 0.2) is 0 Å². The summed E-state index contributed by atoms with van der Waals surface area (Å²) >= 11 is 5.58. The van der Waals surface area contributed by atoms with E-state index in [9.17, 15) is 0 Å². The molecule has 0 aromatic heterocycles. The maximum atomic E-state index is 8.64. The molecule has 0 aliphatic heterocycles. The van der Waals surface area contributed by atoms with Crippen LogP contribution in [-0.2, 0) is 0 Å². The second-order valence-corrected chi connectivity index (χ2v) is 3.83. The number of nitrogens with zero attached hydrogens (tertiary/aromatic N) is 1. The Labute approximate surface area is 104 Å². The molecule has 3 nitrogen and oxygen atoms in total. The molecule has 0 fully saturated rings. The maximum Gasteiger partial charge on any atom is 0.131 e. The van der Waals surface area contributed by atoms with Crippen LogP contribution in [0, 0.1) is 0 Å². The molecule has 0 amide bonds. The molecule has 1 N–H and O–H groups in total. The second kappa shape index (κ2) is 5.55. The van der Waals surface area contributed by atoms with Crippen LogP contribution in [0.25, 0.3) is 10.8 Å². The summed E-state index contributed by atoms with van der Waals surface area (Å²) in [5.74, 6) is 0.913. The van der Waals surface area contributed by atoms with E-state index in [1.165, 1.54) is 0 Å². The van der Waals surface area contributed by atoms with E-state index in [-0.39, 0.29) is 12.5 Å². The lowest BCUT2D eigenvalue weighted by Crippen LogP contribution is -2.13. The number of halogens is 1. The lowest BCUT2D eigenvalue weighted by atomic mass is 10.1. The molecule has 2 rings (SSSR count). The molecule has 2 aromatic rings. The molecule has 0 aliphatic rings. The van der Waals surface area contributed by atoms with Crippen LogP contribution in [0.4, 0.5) is 0 Å².